The van der Waals surface area contributed by atoms with Gasteiger partial charge in [-0.25, -0.2) is 0 Å². The number of piperidine rings is 1. The zero-order valence-corrected chi connectivity index (χ0v) is 16.2. The number of hydrogen-bond acceptors (Lipinski definition) is 2. The van der Waals surface area contributed by atoms with Gasteiger partial charge in [-0.2, -0.15) is 0 Å². The number of nitrogens with zero attached hydrogens (tertiary/aromatic N) is 1. The van der Waals surface area contributed by atoms with E-state index in [1.807, 2.05) is 0 Å². The molecule has 0 saturated carbocycles. The highest BCUT2D eigenvalue weighted by atomic mass is 35.5. The van der Waals surface area contributed by atoms with Gasteiger partial charge in [-0.3, -0.25) is 4.79 Å². The van der Waals surface area contributed by atoms with Gasteiger partial charge in [0.15, 0.2) is 0 Å². The molecule has 0 spiro atoms. The van der Waals surface area contributed by atoms with Crippen LogP contribution in [0.3, 0.4) is 0 Å². The van der Waals surface area contributed by atoms with Crippen molar-refractivity contribution in [2.45, 2.75) is 78.2 Å². The molecular formula is C19H37ClN2O. The second-order valence-electron chi connectivity index (χ2n) is 8.01. The molecule has 0 radical (unpaired) electrons. The summed E-state index contributed by atoms with van der Waals surface area (Å²) in [5, 5.41) is 3.49. The maximum atomic E-state index is 12.9. The van der Waals surface area contributed by atoms with Gasteiger partial charge in [-0.15, -0.1) is 12.4 Å². The lowest BCUT2D eigenvalue weighted by atomic mass is 9.85. The first-order valence-electron chi connectivity index (χ1n) is 9.58. The topological polar surface area (TPSA) is 32.3 Å². The van der Waals surface area contributed by atoms with E-state index in [2.05, 4.69) is 31.0 Å². The van der Waals surface area contributed by atoms with Crippen molar-refractivity contribution in [2.24, 2.45) is 17.8 Å². The average Bonchev–Trinajstić information content (AvgIpc) is 2.73. The third-order valence-electron chi connectivity index (χ3n) is 5.58. The summed E-state index contributed by atoms with van der Waals surface area (Å²) in [6.07, 6.45) is 9.47. The fourth-order valence-electron chi connectivity index (χ4n) is 4.22. The van der Waals surface area contributed by atoms with Crippen molar-refractivity contribution < 1.29 is 4.79 Å². The molecule has 23 heavy (non-hydrogen) atoms. The smallest absolute Gasteiger partial charge is 0.223 e. The van der Waals surface area contributed by atoms with Crippen molar-refractivity contribution >= 4 is 18.3 Å². The zero-order chi connectivity index (χ0) is 15.9. The van der Waals surface area contributed by atoms with Gasteiger partial charge < -0.3 is 10.2 Å². The van der Waals surface area contributed by atoms with Crippen LogP contribution in [0.2, 0.25) is 0 Å². The molecule has 0 aromatic heterocycles. The molecule has 3 atom stereocenters. The summed E-state index contributed by atoms with van der Waals surface area (Å²) in [6, 6.07) is 0.492. The molecule has 3 unspecified atom stereocenters. The molecule has 136 valence electrons. The van der Waals surface area contributed by atoms with E-state index in [1.165, 1.54) is 44.9 Å². The van der Waals surface area contributed by atoms with Crippen LogP contribution in [0.1, 0.15) is 72.1 Å². The third-order valence-corrected chi connectivity index (χ3v) is 5.58. The lowest BCUT2D eigenvalue weighted by Crippen LogP contribution is -2.42. The SMILES string of the molecule is CC(C)CC1CCCCCN1C(=O)CC(C)C1CCCNC1.Cl. The number of likely N-dealkylation sites (tertiary alicyclic amines) is 1. The number of amides is 1. The molecule has 1 N–H and O–H groups in total. The van der Waals surface area contributed by atoms with Crippen LogP contribution in [0.4, 0.5) is 0 Å². The summed E-state index contributed by atoms with van der Waals surface area (Å²) >= 11 is 0. The lowest BCUT2D eigenvalue weighted by molar-refractivity contribution is -0.135. The molecular weight excluding hydrogens is 308 g/mol. The van der Waals surface area contributed by atoms with E-state index in [1.54, 1.807) is 0 Å². The zero-order valence-electron chi connectivity index (χ0n) is 15.4. The minimum absolute atomic E-state index is 0. The fourth-order valence-corrected chi connectivity index (χ4v) is 4.22. The van der Waals surface area contributed by atoms with E-state index >= 15 is 0 Å². The largest absolute Gasteiger partial charge is 0.340 e. The van der Waals surface area contributed by atoms with Crippen LogP contribution in [-0.4, -0.2) is 36.5 Å². The predicted octanol–water partition coefficient (Wildman–Crippen LogP) is 4.25. The van der Waals surface area contributed by atoms with Crippen LogP contribution in [0.25, 0.3) is 0 Å². The molecule has 0 aromatic rings. The Kier molecular flexibility index (Phi) is 9.53. The first-order chi connectivity index (χ1) is 10.6. The minimum atomic E-state index is 0. The highest BCUT2D eigenvalue weighted by molar-refractivity contribution is 5.85. The van der Waals surface area contributed by atoms with Crippen molar-refractivity contribution in [3.05, 3.63) is 0 Å². The Morgan fingerprint density at radius 2 is 1.91 bits per heavy atom. The summed E-state index contributed by atoms with van der Waals surface area (Å²) in [7, 11) is 0. The quantitative estimate of drug-likeness (QED) is 0.808. The Bertz CT molecular complexity index is 342. The summed E-state index contributed by atoms with van der Waals surface area (Å²) in [5.41, 5.74) is 0. The molecule has 0 bridgehead atoms. The van der Waals surface area contributed by atoms with Crippen molar-refractivity contribution in [3.63, 3.8) is 0 Å². The average molecular weight is 345 g/mol. The molecule has 2 heterocycles. The van der Waals surface area contributed by atoms with Crippen LogP contribution >= 0.6 is 12.4 Å². The van der Waals surface area contributed by atoms with Gasteiger partial charge in [0.1, 0.15) is 0 Å². The Morgan fingerprint density at radius 1 is 1.13 bits per heavy atom. The van der Waals surface area contributed by atoms with E-state index in [-0.39, 0.29) is 12.4 Å². The van der Waals surface area contributed by atoms with Crippen molar-refractivity contribution in [1.29, 1.82) is 0 Å². The Labute approximate surface area is 149 Å². The van der Waals surface area contributed by atoms with Crippen LogP contribution in [0, 0.1) is 17.8 Å². The first kappa shape index (κ1) is 20.8. The van der Waals surface area contributed by atoms with Gasteiger partial charge >= 0.3 is 0 Å². The van der Waals surface area contributed by atoms with Crippen LogP contribution in [0.15, 0.2) is 0 Å². The van der Waals surface area contributed by atoms with E-state index in [9.17, 15) is 4.79 Å². The number of nitrogens with one attached hydrogen (secondary N) is 1. The highest BCUT2D eigenvalue weighted by Crippen LogP contribution is 2.27. The van der Waals surface area contributed by atoms with Crippen molar-refractivity contribution in [2.75, 3.05) is 19.6 Å². The molecule has 0 aromatic carbocycles. The molecule has 2 rings (SSSR count). The monoisotopic (exact) mass is 344 g/mol. The number of hydrogen-bond donors (Lipinski definition) is 1. The summed E-state index contributed by atoms with van der Waals surface area (Å²) in [4.78, 5) is 15.2. The number of halogens is 1. The van der Waals surface area contributed by atoms with Crippen molar-refractivity contribution in [3.8, 4) is 0 Å². The lowest BCUT2D eigenvalue weighted by Gasteiger charge is -2.34. The standard InChI is InChI=1S/C19H36N2O.ClH/c1-15(2)12-18-9-5-4-6-11-21(18)19(22)13-16(3)17-8-7-10-20-14-17;/h15-18,20H,4-14H2,1-3H3;1H. The predicted molar refractivity (Wildman–Crippen MR) is 100 cm³/mol. The van der Waals surface area contributed by atoms with Gasteiger partial charge in [-0.1, -0.05) is 33.6 Å². The normalized spacial score (nSPS) is 27.2. The summed E-state index contributed by atoms with van der Waals surface area (Å²) < 4.78 is 0. The van der Waals surface area contributed by atoms with Crippen LogP contribution < -0.4 is 5.32 Å². The summed E-state index contributed by atoms with van der Waals surface area (Å²) in [6.45, 7) is 10.1. The number of carbonyl (C=O) groups excluding carboxylic acids is 1. The molecule has 2 fully saturated rings. The first-order valence-corrected chi connectivity index (χ1v) is 9.58. The van der Waals surface area contributed by atoms with E-state index in [4.69, 9.17) is 0 Å². The Balaban J connectivity index is 0.00000264. The van der Waals surface area contributed by atoms with Gasteiger partial charge in [0.25, 0.3) is 0 Å². The molecule has 1 amide bonds. The van der Waals surface area contributed by atoms with Gasteiger partial charge in [0, 0.05) is 19.0 Å². The summed E-state index contributed by atoms with van der Waals surface area (Å²) in [5.74, 6) is 2.31. The maximum Gasteiger partial charge on any atom is 0.223 e. The molecule has 2 aliphatic rings. The van der Waals surface area contributed by atoms with Crippen molar-refractivity contribution in [1.82, 2.24) is 10.2 Å². The Morgan fingerprint density at radius 3 is 2.57 bits per heavy atom. The number of carbonyl (C=O) groups is 1. The second-order valence-corrected chi connectivity index (χ2v) is 8.01. The van der Waals surface area contributed by atoms with Crippen LogP contribution in [0.5, 0.6) is 0 Å². The molecule has 4 heteroatoms. The molecule has 2 aliphatic heterocycles. The van der Waals surface area contributed by atoms with Gasteiger partial charge in [-0.05, 0) is 62.9 Å². The van der Waals surface area contributed by atoms with Gasteiger partial charge in [0.05, 0.1) is 0 Å². The second kappa shape index (κ2) is 10.6. The van der Waals surface area contributed by atoms with E-state index < -0.39 is 0 Å². The molecule has 2 saturated heterocycles. The fraction of sp³-hybridized carbons (Fsp3) is 0.947. The van der Waals surface area contributed by atoms with Gasteiger partial charge in [0.2, 0.25) is 5.91 Å². The Hall–Kier alpha value is -0.280. The number of rotatable bonds is 5. The minimum Gasteiger partial charge on any atom is -0.340 e. The molecule has 0 aliphatic carbocycles. The van der Waals surface area contributed by atoms with Crippen LogP contribution in [-0.2, 0) is 4.79 Å². The molecule has 3 nitrogen and oxygen atoms in total. The highest BCUT2D eigenvalue weighted by Gasteiger charge is 2.29. The third kappa shape index (κ3) is 6.62. The van der Waals surface area contributed by atoms with E-state index in [0.717, 1.165) is 26.1 Å². The van der Waals surface area contributed by atoms with E-state index in [0.29, 0.717) is 29.7 Å². The maximum absolute atomic E-state index is 12.9.